The number of urea groups is 1. The fraction of sp³-hybridized carbons (Fsp3) is 0.500. The van der Waals surface area contributed by atoms with E-state index in [-0.39, 0.29) is 6.03 Å². The average molecular weight is 286 g/mol. The SMILES string of the molecule is CCc1cccc(C)c1NC(=O)N/C=C/C1CCCCC1. The summed E-state index contributed by atoms with van der Waals surface area (Å²) in [5.41, 5.74) is 3.20. The maximum atomic E-state index is 12.0. The number of aryl methyl sites for hydroxylation is 2. The molecule has 0 saturated heterocycles. The van der Waals surface area contributed by atoms with E-state index in [9.17, 15) is 4.79 Å². The fourth-order valence-electron chi connectivity index (χ4n) is 2.94. The first-order valence-corrected chi connectivity index (χ1v) is 8.03. The van der Waals surface area contributed by atoms with Crippen molar-refractivity contribution in [1.29, 1.82) is 0 Å². The Morgan fingerprint density at radius 1 is 1.29 bits per heavy atom. The number of carbonyl (C=O) groups is 1. The van der Waals surface area contributed by atoms with E-state index in [1.54, 1.807) is 6.20 Å². The second kappa shape index (κ2) is 7.87. The molecule has 1 aliphatic carbocycles. The highest BCUT2D eigenvalue weighted by Gasteiger charge is 2.10. The Labute approximate surface area is 127 Å². The van der Waals surface area contributed by atoms with Crippen molar-refractivity contribution < 1.29 is 4.79 Å². The van der Waals surface area contributed by atoms with Crippen molar-refractivity contribution in [2.45, 2.75) is 52.4 Å². The van der Waals surface area contributed by atoms with E-state index in [1.165, 1.54) is 37.7 Å². The van der Waals surface area contributed by atoms with Gasteiger partial charge in [-0.25, -0.2) is 4.79 Å². The largest absolute Gasteiger partial charge is 0.323 e. The van der Waals surface area contributed by atoms with Gasteiger partial charge in [-0.3, -0.25) is 0 Å². The van der Waals surface area contributed by atoms with Gasteiger partial charge in [0.25, 0.3) is 0 Å². The van der Waals surface area contributed by atoms with Crippen LogP contribution in [-0.2, 0) is 6.42 Å². The molecule has 2 rings (SSSR count). The van der Waals surface area contributed by atoms with E-state index >= 15 is 0 Å². The van der Waals surface area contributed by atoms with Gasteiger partial charge in [0.15, 0.2) is 0 Å². The number of para-hydroxylation sites is 1. The fourth-order valence-corrected chi connectivity index (χ4v) is 2.94. The number of nitrogens with one attached hydrogen (secondary N) is 2. The molecule has 0 unspecified atom stereocenters. The zero-order chi connectivity index (χ0) is 15.1. The molecule has 1 aromatic rings. The minimum absolute atomic E-state index is 0.161. The van der Waals surface area contributed by atoms with Gasteiger partial charge in [0, 0.05) is 11.9 Å². The first-order valence-electron chi connectivity index (χ1n) is 8.03. The Bertz CT molecular complexity index is 502. The number of amides is 2. The number of hydrogen-bond donors (Lipinski definition) is 2. The van der Waals surface area contributed by atoms with E-state index in [0.29, 0.717) is 5.92 Å². The van der Waals surface area contributed by atoms with Gasteiger partial charge in [0.1, 0.15) is 0 Å². The zero-order valence-electron chi connectivity index (χ0n) is 13.1. The summed E-state index contributed by atoms with van der Waals surface area (Å²) in [4.78, 5) is 12.0. The van der Waals surface area contributed by atoms with Crippen LogP contribution in [0, 0.1) is 12.8 Å². The van der Waals surface area contributed by atoms with Gasteiger partial charge in [0.05, 0.1) is 0 Å². The van der Waals surface area contributed by atoms with Gasteiger partial charge in [-0.15, -0.1) is 0 Å². The zero-order valence-corrected chi connectivity index (χ0v) is 13.1. The van der Waals surface area contributed by atoms with Gasteiger partial charge in [-0.05, 0) is 43.2 Å². The van der Waals surface area contributed by atoms with Crippen LogP contribution in [0.25, 0.3) is 0 Å². The van der Waals surface area contributed by atoms with E-state index in [4.69, 9.17) is 0 Å². The molecule has 0 spiro atoms. The molecule has 114 valence electrons. The summed E-state index contributed by atoms with van der Waals surface area (Å²) in [6.45, 7) is 4.12. The number of hydrogen-bond acceptors (Lipinski definition) is 1. The number of allylic oxidation sites excluding steroid dienone is 1. The quantitative estimate of drug-likeness (QED) is 0.822. The van der Waals surface area contributed by atoms with Gasteiger partial charge < -0.3 is 10.6 Å². The smallest absolute Gasteiger partial charge is 0.315 e. The number of rotatable bonds is 4. The standard InChI is InChI=1S/C18H26N2O/c1-3-16-11-7-8-14(2)17(16)20-18(21)19-13-12-15-9-5-4-6-10-15/h7-8,11-13,15H,3-6,9-10H2,1-2H3,(H2,19,20,21)/b13-12+. The molecular formula is C18H26N2O. The van der Waals surface area contributed by atoms with E-state index in [2.05, 4.69) is 29.7 Å². The monoisotopic (exact) mass is 286 g/mol. The van der Waals surface area contributed by atoms with Crippen molar-refractivity contribution >= 4 is 11.7 Å². The predicted molar refractivity (Wildman–Crippen MR) is 88.4 cm³/mol. The molecule has 0 bridgehead atoms. The lowest BCUT2D eigenvalue weighted by Crippen LogP contribution is -2.25. The lowest BCUT2D eigenvalue weighted by Gasteiger charge is -2.17. The second-order valence-electron chi connectivity index (χ2n) is 5.82. The molecule has 21 heavy (non-hydrogen) atoms. The highest BCUT2D eigenvalue weighted by Crippen LogP contribution is 2.24. The van der Waals surface area contributed by atoms with E-state index < -0.39 is 0 Å². The summed E-state index contributed by atoms with van der Waals surface area (Å²) in [5.74, 6) is 0.628. The molecule has 1 fully saturated rings. The summed E-state index contributed by atoms with van der Waals surface area (Å²) in [6.07, 6.45) is 11.3. The Balaban J connectivity index is 1.88. The van der Waals surface area contributed by atoms with Crippen LogP contribution in [0.4, 0.5) is 10.5 Å². The van der Waals surface area contributed by atoms with Crippen LogP contribution in [0.15, 0.2) is 30.5 Å². The molecule has 3 nitrogen and oxygen atoms in total. The minimum atomic E-state index is -0.161. The van der Waals surface area contributed by atoms with E-state index in [0.717, 1.165) is 17.7 Å². The topological polar surface area (TPSA) is 41.1 Å². The van der Waals surface area contributed by atoms with Crippen LogP contribution in [-0.4, -0.2) is 6.03 Å². The second-order valence-corrected chi connectivity index (χ2v) is 5.82. The maximum Gasteiger partial charge on any atom is 0.323 e. The Morgan fingerprint density at radius 3 is 2.76 bits per heavy atom. The van der Waals surface area contributed by atoms with Crippen molar-refractivity contribution in [3.8, 4) is 0 Å². The van der Waals surface area contributed by atoms with Gasteiger partial charge in [-0.2, -0.15) is 0 Å². The Kier molecular flexibility index (Phi) is 5.85. The van der Waals surface area contributed by atoms with Gasteiger partial charge in [-0.1, -0.05) is 50.5 Å². The maximum absolute atomic E-state index is 12.0. The van der Waals surface area contributed by atoms with Gasteiger partial charge >= 0.3 is 6.03 Å². The minimum Gasteiger partial charge on any atom is -0.315 e. The van der Waals surface area contributed by atoms with Crippen molar-refractivity contribution in [2.24, 2.45) is 5.92 Å². The van der Waals surface area contributed by atoms with Crippen LogP contribution in [0.2, 0.25) is 0 Å². The number of benzene rings is 1. The molecular weight excluding hydrogens is 260 g/mol. The summed E-state index contributed by atoms with van der Waals surface area (Å²) >= 11 is 0. The molecule has 2 N–H and O–H groups in total. The van der Waals surface area contributed by atoms with Crippen LogP contribution >= 0.6 is 0 Å². The molecule has 1 aromatic carbocycles. The molecule has 0 heterocycles. The Hall–Kier alpha value is -1.77. The highest BCUT2D eigenvalue weighted by molar-refractivity contribution is 5.91. The summed E-state index contributed by atoms with van der Waals surface area (Å²) in [6, 6.07) is 5.94. The number of carbonyl (C=O) groups excluding carboxylic acids is 1. The summed E-state index contributed by atoms with van der Waals surface area (Å²) in [5, 5.41) is 5.79. The Morgan fingerprint density at radius 2 is 2.05 bits per heavy atom. The van der Waals surface area contributed by atoms with Crippen LogP contribution < -0.4 is 10.6 Å². The van der Waals surface area contributed by atoms with Crippen molar-refractivity contribution in [1.82, 2.24) is 5.32 Å². The van der Waals surface area contributed by atoms with Crippen molar-refractivity contribution in [2.75, 3.05) is 5.32 Å². The van der Waals surface area contributed by atoms with Crippen molar-refractivity contribution in [3.63, 3.8) is 0 Å². The molecule has 1 aliphatic rings. The molecule has 0 aliphatic heterocycles. The first-order chi connectivity index (χ1) is 10.2. The van der Waals surface area contributed by atoms with Crippen LogP contribution in [0.5, 0.6) is 0 Å². The van der Waals surface area contributed by atoms with Gasteiger partial charge in [0.2, 0.25) is 0 Å². The van der Waals surface area contributed by atoms with Crippen LogP contribution in [0.1, 0.15) is 50.2 Å². The summed E-state index contributed by atoms with van der Waals surface area (Å²) < 4.78 is 0. The van der Waals surface area contributed by atoms with Crippen LogP contribution in [0.3, 0.4) is 0 Å². The molecule has 0 radical (unpaired) electrons. The lowest BCUT2D eigenvalue weighted by atomic mass is 9.89. The average Bonchev–Trinajstić information content (AvgIpc) is 2.50. The third-order valence-electron chi connectivity index (χ3n) is 4.21. The third kappa shape index (κ3) is 4.62. The van der Waals surface area contributed by atoms with E-state index in [1.807, 2.05) is 19.1 Å². The molecule has 0 aromatic heterocycles. The molecule has 3 heteroatoms. The predicted octanol–water partition coefficient (Wildman–Crippen LogP) is 4.77. The molecule has 0 atom stereocenters. The third-order valence-corrected chi connectivity index (χ3v) is 4.21. The summed E-state index contributed by atoms with van der Waals surface area (Å²) in [7, 11) is 0. The molecule has 2 amide bonds. The van der Waals surface area contributed by atoms with Crippen molar-refractivity contribution in [3.05, 3.63) is 41.6 Å². The highest BCUT2D eigenvalue weighted by atomic mass is 16.2. The first kappa shape index (κ1) is 15.6. The number of anilines is 1. The lowest BCUT2D eigenvalue weighted by molar-refractivity contribution is 0.255. The normalized spacial score (nSPS) is 16.1. The molecule has 1 saturated carbocycles.